The Morgan fingerprint density at radius 2 is 1.90 bits per heavy atom. The van der Waals surface area contributed by atoms with Gasteiger partial charge in [-0.1, -0.05) is 6.92 Å². The van der Waals surface area contributed by atoms with E-state index >= 15 is 0 Å². The van der Waals surface area contributed by atoms with E-state index in [1.165, 1.54) is 5.56 Å². The number of pyridine rings is 1. The van der Waals surface area contributed by atoms with Crippen molar-refractivity contribution in [3.63, 3.8) is 0 Å². The van der Waals surface area contributed by atoms with Crippen LogP contribution < -0.4 is 10.1 Å². The van der Waals surface area contributed by atoms with Gasteiger partial charge in [-0.05, 0) is 37.1 Å². The van der Waals surface area contributed by atoms with Gasteiger partial charge in [-0.15, -0.1) is 0 Å². The van der Waals surface area contributed by atoms with E-state index in [1.807, 2.05) is 12.1 Å². The Kier molecular flexibility index (Phi) is 5.43. The molecule has 2 aromatic rings. The van der Waals surface area contributed by atoms with Crippen LogP contribution in [0.3, 0.4) is 0 Å². The van der Waals surface area contributed by atoms with Crippen molar-refractivity contribution in [2.45, 2.75) is 25.8 Å². The van der Waals surface area contributed by atoms with Crippen LogP contribution in [-0.4, -0.2) is 28.6 Å². The van der Waals surface area contributed by atoms with Gasteiger partial charge in [0.25, 0.3) is 0 Å². The molecule has 0 aliphatic carbocycles. The van der Waals surface area contributed by atoms with Crippen LogP contribution in [0.15, 0.2) is 36.9 Å². The van der Waals surface area contributed by atoms with E-state index < -0.39 is 0 Å². The van der Waals surface area contributed by atoms with Crippen molar-refractivity contribution in [2.75, 3.05) is 13.7 Å². The van der Waals surface area contributed by atoms with E-state index in [4.69, 9.17) is 4.74 Å². The Labute approximate surface area is 119 Å². The molecule has 5 heteroatoms. The van der Waals surface area contributed by atoms with Crippen molar-refractivity contribution in [3.05, 3.63) is 48.2 Å². The molecule has 0 saturated heterocycles. The summed E-state index contributed by atoms with van der Waals surface area (Å²) in [5.41, 5.74) is 2.06. The van der Waals surface area contributed by atoms with Crippen molar-refractivity contribution in [1.29, 1.82) is 0 Å². The zero-order valence-electron chi connectivity index (χ0n) is 11.9. The van der Waals surface area contributed by atoms with Crippen molar-refractivity contribution < 1.29 is 4.74 Å². The lowest BCUT2D eigenvalue weighted by Crippen LogP contribution is -2.25. The summed E-state index contributed by atoms with van der Waals surface area (Å²) in [6.45, 7) is 3.07. The summed E-state index contributed by atoms with van der Waals surface area (Å²) >= 11 is 0. The molecule has 1 unspecified atom stereocenters. The van der Waals surface area contributed by atoms with Crippen molar-refractivity contribution in [1.82, 2.24) is 20.3 Å². The van der Waals surface area contributed by atoms with Gasteiger partial charge >= 0.3 is 0 Å². The van der Waals surface area contributed by atoms with Gasteiger partial charge in [0.05, 0.1) is 13.2 Å². The fourth-order valence-corrected chi connectivity index (χ4v) is 2.07. The van der Waals surface area contributed by atoms with Crippen molar-refractivity contribution in [3.8, 4) is 5.88 Å². The highest BCUT2D eigenvalue weighted by molar-refractivity contribution is 5.24. The minimum atomic E-state index is 0.0843. The topological polar surface area (TPSA) is 59.9 Å². The van der Waals surface area contributed by atoms with Gasteiger partial charge in [-0.25, -0.2) is 4.98 Å². The van der Waals surface area contributed by atoms with Crippen LogP contribution in [0.5, 0.6) is 5.88 Å². The Bertz CT molecular complexity index is 518. The molecule has 2 aromatic heterocycles. The molecule has 0 radical (unpaired) electrons. The van der Waals surface area contributed by atoms with E-state index in [0.29, 0.717) is 5.88 Å². The first-order chi connectivity index (χ1) is 9.85. The molecule has 0 aliphatic rings. The molecule has 0 aromatic carbocycles. The van der Waals surface area contributed by atoms with Crippen LogP contribution in [0, 0.1) is 0 Å². The second-order valence-electron chi connectivity index (χ2n) is 4.52. The molecule has 5 nitrogen and oxygen atoms in total. The molecule has 1 atom stereocenters. The highest BCUT2D eigenvalue weighted by atomic mass is 16.5. The normalized spacial score (nSPS) is 12.1. The number of aromatic nitrogens is 3. The van der Waals surface area contributed by atoms with Gasteiger partial charge in [0.15, 0.2) is 0 Å². The number of hydrogen-bond donors (Lipinski definition) is 1. The Balaban J connectivity index is 2.22. The maximum Gasteiger partial charge on any atom is 0.237 e. The summed E-state index contributed by atoms with van der Waals surface area (Å²) in [5, 5.41) is 3.51. The van der Waals surface area contributed by atoms with Gasteiger partial charge < -0.3 is 10.1 Å². The predicted octanol–water partition coefficient (Wildman–Crippen LogP) is 2.16. The lowest BCUT2D eigenvalue weighted by molar-refractivity contribution is 0.376. The van der Waals surface area contributed by atoms with Crippen LogP contribution in [0.1, 0.15) is 30.6 Å². The van der Waals surface area contributed by atoms with E-state index in [1.54, 1.807) is 31.9 Å². The number of hydrogen-bond acceptors (Lipinski definition) is 5. The molecule has 0 aliphatic heterocycles. The maximum absolute atomic E-state index is 5.32. The highest BCUT2D eigenvalue weighted by Gasteiger charge is 2.18. The molecule has 2 heterocycles. The van der Waals surface area contributed by atoms with Crippen LogP contribution in [0.25, 0.3) is 0 Å². The molecule has 106 valence electrons. The van der Waals surface area contributed by atoms with E-state index in [2.05, 4.69) is 27.2 Å². The Morgan fingerprint density at radius 1 is 1.15 bits per heavy atom. The Hall–Kier alpha value is -2.01. The lowest BCUT2D eigenvalue weighted by Gasteiger charge is -2.19. The summed E-state index contributed by atoms with van der Waals surface area (Å²) in [6.07, 6.45) is 8.85. The van der Waals surface area contributed by atoms with Crippen molar-refractivity contribution >= 4 is 0 Å². The minimum absolute atomic E-state index is 0.0843. The fraction of sp³-hybridized carbons (Fsp3) is 0.400. The summed E-state index contributed by atoms with van der Waals surface area (Å²) in [4.78, 5) is 12.7. The predicted molar refractivity (Wildman–Crippen MR) is 77.6 cm³/mol. The minimum Gasteiger partial charge on any atom is -0.480 e. The lowest BCUT2D eigenvalue weighted by atomic mass is 10.0. The summed E-state index contributed by atoms with van der Waals surface area (Å²) in [5.74, 6) is 0.579. The highest BCUT2D eigenvalue weighted by Crippen LogP contribution is 2.23. The van der Waals surface area contributed by atoms with E-state index in [-0.39, 0.29) is 6.04 Å². The van der Waals surface area contributed by atoms with Gasteiger partial charge in [0.1, 0.15) is 5.69 Å². The monoisotopic (exact) mass is 272 g/mol. The standard InChI is InChI=1S/C15H20N4O/c1-3-6-17-13(11-12-4-7-16-8-5-12)14-15(20-2)19-10-9-18-14/h4-5,7-10,13,17H,3,6,11H2,1-2H3. The second-order valence-corrected chi connectivity index (χ2v) is 4.52. The van der Waals surface area contributed by atoms with Crippen LogP contribution in [0.2, 0.25) is 0 Å². The summed E-state index contributed by atoms with van der Waals surface area (Å²) in [7, 11) is 1.62. The molecule has 0 amide bonds. The molecule has 20 heavy (non-hydrogen) atoms. The first-order valence-corrected chi connectivity index (χ1v) is 6.82. The van der Waals surface area contributed by atoms with E-state index in [0.717, 1.165) is 25.1 Å². The molecule has 0 fully saturated rings. The van der Waals surface area contributed by atoms with Gasteiger partial charge in [-0.2, -0.15) is 0 Å². The van der Waals surface area contributed by atoms with Crippen molar-refractivity contribution in [2.24, 2.45) is 0 Å². The molecular weight excluding hydrogens is 252 g/mol. The largest absolute Gasteiger partial charge is 0.480 e. The van der Waals surface area contributed by atoms with Gasteiger partial charge in [-0.3, -0.25) is 9.97 Å². The number of ether oxygens (including phenoxy) is 1. The Morgan fingerprint density at radius 3 is 2.60 bits per heavy atom. The van der Waals surface area contributed by atoms with E-state index in [9.17, 15) is 0 Å². The van der Waals surface area contributed by atoms with Crippen LogP contribution in [0.4, 0.5) is 0 Å². The molecule has 0 bridgehead atoms. The first-order valence-electron chi connectivity index (χ1n) is 6.82. The number of rotatable bonds is 7. The molecular formula is C15H20N4O. The average molecular weight is 272 g/mol. The molecule has 1 N–H and O–H groups in total. The first kappa shape index (κ1) is 14.4. The zero-order valence-corrected chi connectivity index (χ0v) is 11.9. The average Bonchev–Trinajstić information content (AvgIpc) is 2.52. The maximum atomic E-state index is 5.32. The SMILES string of the molecule is CCCNC(Cc1ccncc1)c1nccnc1OC. The van der Waals surface area contributed by atoms with Gasteiger partial charge in [0, 0.05) is 24.8 Å². The fourth-order valence-electron chi connectivity index (χ4n) is 2.07. The van der Waals surface area contributed by atoms with Crippen LogP contribution in [-0.2, 0) is 6.42 Å². The molecule has 0 spiro atoms. The second kappa shape index (κ2) is 7.55. The molecule has 2 rings (SSSR count). The number of nitrogens with one attached hydrogen (secondary N) is 1. The third kappa shape index (κ3) is 3.74. The van der Waals surface area contributed by atoms with Gasteiger partial charge in [0.2, 0.25) is 5.88 Å². The third-order valence-corrected chi connectivity index (χ3v) is 3.04. The third-order valence-electron chi connectivity index (χ3n) is 3.04. The molecule has 0 saturated carbocycles. The van der Waals surface area contributed by atoms with Crippen LogP contribution >= 0.6 is 0 Å². The quantitative estimate of drug-likeness (QED) is 0.837. The summed E-state index contributed by atoms with van der Waals surface area (Å²) < 4.78 is 5.32. The smallest absolute Gasteiger partial charge is 0.237 e. The number of nitrogens with zero attached hydrogens (tertiary/aromatic N) is 3. The summed E-state index contributed by atoms with van der Waals surface area (Å²) in [6, 6.07) is 4.12. The number of methoxy groups -OCH3 is 1. The zero-order chi connectivity index (χ0) is 14.2.